The van der Waals surface area contributed by atoms with Crippen LogP contribution in [0.1, 0.15) is 32.8 Å². The van der Waals surface area contributed by atoms with Crippen LogP contribution in [0.3, 0.4) is 0 Å². The molecular weight excluding hydrogens is 375 g/mol. The molecule has 1 fully saturated rings. The van der Waals surface area contributed by atoms with Crippen molar-refractivity contribution in [1.29, 1.82) is 0 Å². The van der Waals surface area contributed by atoms with E-state index in [9.17, 15) is 4.79 Å². The second-order valence-electron chi connectivity index (χ2n) is 7.70. The van der Waals surface area contributed by atoms with E-state index in [0.717, 1.165) is 31.6 Å². The molecule has 1 amide bonds. The van der Waals surface area contributed by atoms with Crippen LogP contribution in [-0.2, 0) is 16.0 Å². The van der Waals surface area contributed by atoms with Crippen LogP contribution in [0, 0.1) is 0 Å². The van der Waals surface area contributed by atoms with Gasteiger partial charge in [-0.3, -0.25) is 4.90 Å². The molecule has 7 heteroatoms. The molecule has 146 valence electrons. The van der Waals surface area contributed by atoms with Gasteiger partial charge in [0.1, 0.15) is 5.60 Å². The number of hydrogen-bond acceptors (Lipinski definition) is 4. The lowest BCUT2D eigenvalue weighted by atomic mass is 10.1. The van der Waals surface area contributed by atoms with E-state index in [0.29, 0.717) is 23.2 Å². The minimum Gasteiger partial charge on any atom is -0.444 e. The van der Waals surface area contributed by atoms with Crippen molar-refractivity contribution in [3.8, 4) is 0 Å². The number of carbonyl (C=O) groups is 1. The Balaban J connectivity index is 1.81. The second kappa shape index (κ2) is 9.27. The highest BCUT2D eigenvalue weighted by Gasteiger charge is 2.23. The average molecular weight is 403 g/mol. The van der Waals surface area contributed by atoms with Crippen molar-refractivity contribution in [3.05, 3.63) is 33.8 Å². The Morgan fingerprint density at radius 2 is 1.96 bits per heavy atom. The summed E-state index contributed by atoms with van der Waals surface area (Å²) >= 11 is 12.2. The Morgan fingerprint density at radius 1 is 1.31 bits per heavy atom. The van der Waals surface area contributed by atoms with Crippen LogP contribution >= 0.6 is 23.2 Å². The molecule has 2 rings (SSSR count). The summed E-state index contributed by atoms with van der Waals surface area (Å²) in [7, 11) is 1.75. The van der Waals surface area contributed by atoms with Gasteiger partial charge in [0.05, 0.1) is 12.7 Å². The SMILES string of the molecule is CN(CCC1CN(Cc2cc(Cl)cc(Cl)c2)CCO1)C(=O)OC(C)(C)C. The number of hydrogen-bond donors (Lipinski definition) is 0. The van der Waals surface area contributed by atoms with Gasteiger partial charge in [-0.2, -0.15) is 0 Å². The number of morpholine rings is 1. The van der Waals surface area contributed by atoms with Gasteiger partial charge in [-0.25, -0.2) is 4.79 Å². The molecule has 1 saturated heterocycles. The molecule has 0 radical (unpaired) electrons. The lowest BCUT2D eigenvalue weighted by Crippen LogP contribution is -2.43. The molecule has 1 atom stereocenters. The fourth-order valence-corrected chi connectivity index (χ4v) is 3.40. The summed E-state index contributed by atoms with van der Waals surface area (Å²) in [5.41, 5.74) is 0.607. The molecule has 0 aliphatic carbocycles. The van der Waals surface area contributed by atoms with E-state index in [4.69, 9.17) is 32.7 Å². The van der Waals surface area contributed by atoms with Crippen molar-refractivity contribution < 1.29 is 14.3 Å². The first-order valence-electron chi connectivity index (χ1n) is 8.85. The minimum atomic E-state index is -0.484. The van der Waals surface area contributed by atoms with Gasteiger partial charge in [0.15, 0.2) is 0 Å². The van der Waals surface area contributed by atoms with Gasteiger partial charge < -0.3 is 14.4 Å². The zero-order chi connectivity index (χ0) is 19.3. The van der Waals surface area contributed by atoms with E-state index >= 15 is 0 Å². The van der Waals surface area contributed by atoms with Crippen molar-refractivity contribution in [2.24, 2.45) is 0 Å². The average Bonchev–Trinajstić information content (AvgIpc) is 2.50. The molecule has 0 aromatic heterocycles. The van der Waals surface area contributed by atoms with Crippen molar-refractivity contribution >= 4 is 29.3 Å². The summed E-state index contributed by atoms with van der Waals surface area (Å²) in [5, 5.41) is 1.30. The number of carbonyl (C=O) groups excluding carboxylic acids is 1. The lowest BCUT2D eigenvalue weighted by Gasteiger charge is -2.34. The van der Waals surface area contributed by atoms with Crippen molar-refractivity contribution in [2.45, 2.75) is 45.4 Å². The van der Waals surface area contributed by atoms with E-state index in [1.807, 2.05) is 32.9 Å². The van der Waals surface area contributed by atoms with Gasteiger partial charge in [-0.15, -0.1) is 0 Å². The zero-order valence-corrected chi connectivity index (χ0v) is 17.4. The molecule has 26 heavy (non-hydrogen) atoms. The van der Waals surface area contributed by atoms with E-state index in [-0.39, 0.29) is 12.2 Å². The molecule has 1 aliphatic heterocycles. The predicted octanol–water partition coefficient (Wildman–Crippen LogP) is 4.45. The first-order valence-corrected chi connectivity index (χ1v) is 9.61. The van der Waals surface area contributed by atoms with E-state index in [2.05, 4.69) is 4.90 Å². The van der Waals surface area contributed by atoms with Crippen LogP contribution in [0.25, 0.3) is 0 Å². The van der Waals surface area contributed by atoms with Gasteiger partial charge in [0.2, 0.25) is 0 Å². The molecule has 5 nitrogen and oxygen atoms in total. The Hall–Kier alpha value is -1.01. The van der Waals surface area contributed by atoms with Crippen LogP contribution in [0.2, 0.25) is 10.0 Å². The Labute approximate surface area is 166 Å². The third-order valence-corrected chi connectivity index (χ3v) is 4.48. The lowest BCUT2D eigenvalue weighted by molar-refractivity contribution is -0.0386. The molecule has 0 spiro atoms. The van der Waals surface area contributed by atoms with Crippen LogP contribution in [0.15, 0.2) is 18.2 Å². The number of halogens is 2. The first-order chi connectivity index (χ1) is 12.1. The normalized spacial score (nSPS) is 18.6. The molecule has 1 heterocycles. The van der Waals surface area contributed by atoms with Gasteiger partial charge in [0.25, 0.3) is 0 Å². The smallest absolute Gasteiger partial charge is 0.410 e. The van der Waals surface area contributed by atoms with Crippen molar-refractivity contribution in [2.75, 3.05) is 33.3 Å². The highest BCUT2D eigenvalue weighted by atomic mass is 35.5. The van der Waals surface area contributed by atoms with E-state index < -0.39 is 5.60 Å². The predicted molar refractivity (Wildman–Crippen MR) is 105 cm³/mol. The fraction of sp³-hybridized carbons (Fsp3) is 0.632. The monoisotopic (exact) mass is 402 g/mol. The maximum atomic E-state index is 12.0. The minimum absolute atomic E-state index is 0.0864. The first kappa shape index (κ1) is 21.3. The number of nitrogens with zero attached hydrogens (tertiary/aromatic N) is 2. The van der Waals surface area contributed by atoms with Crippen molar-refractivity contribution in [3.63, 3.8) is 0 Å². The third-order valence-electron chi connectivity index (χ3n) is 4.04. The molecule has 0 bridgehead atoms. The Kier molecular flexibility index (Phi) is 7.59. The summed E-state index contributed by atoms with van der Waals surface area (Å²) in [6, 6.07) is 5.61. The van der Waals surface area contributed by atoms with Gasteiger partial charge in [-0.1, -0.05) is 23.2 Å². The van der Waals surface area contributed by atoms with E-state index in [1.165, 1.54) is 0 Å². The number of ether oxygens (including phenoxy) is 2. The van der Waals surface area contributed by atoms with Crippen LogP contribution < -0.4 is 0 Å². The number of rotatable bonds is 5. The molecular formula is C19H28Cl2N2O3. The summed E-state index contributed by atoms with van der Waals surface area (Å²) < 4.78 is 11.2. The summed E-state index contributed by atoms with van der Waals surface area (Å²) in [5.74, 6) is 0. The fourth-order valence-electron chi connectivity index (χ4n) is 2.83. The summed E-state index contributed by atoms with van der Waals surface area (Å²) in [6.45, 7) is 9.32. The number of benzene rings is 1. The molecule has 1 aromatic rings. The van der Waals surface area contributed by atoms with Gasteiger partial charge in [-0.05, 0) is 51.0 Å². The second-order valence-corrected chi connectivity index (χ2v) is 8.57. The Bertz CT molecular complexity index is 599. The molecule has 1 unspecified atom stereocenters. The highest BCUT2D eigenvalue weighted by Crippen LogP contribution is 2.21. The highest BCUT2D eigenvalue weighted by molar-refractivity contribution is 6.34. The van der Waals surface area contributed by atoms with Gasteiger partial charge in [0, 0.05) is 43.3 Å². The van der Waals surface area contributed by atoms with E-state index in [1.54, 1.807) is 18.0 Å². The zero-order valence-electron chi connectivity index (χ0n) is 15.9. The maximum Gasteiger partial charge on any atom is 0.410 e. The maximum absolute atomic E-state index is 12.0. The molecule has 0 N–H and O–H groups in total. The van der Waals surface area contributed by atoms with Crippen molar-refractivity contribution in [1.82, 2.24) is 9.80 Å². The topological polar surface area (TPSA) is 42.0 Å². The quantitative estimate of drug-likeness (QED) is 0.729. The summed E-state index contributed by atoms with van der Waals surface area (Å²) in [6.07, 6.45) is 0.546. The molecule has 1 aromatic carbocycles. The molecule has 1 aliphatic rings. The Morgan fingerprint density at radius 3 is 2.58 bits per heavy atom. The number of amides is 1. The molecule has 0 saturated carbocycles. The van der Waals surface area contributed by atoms with Crippen LogP contribution in [0.4, 0.5) is 4.79 Å². The van der Waals surface area contributed by atoms with Crippen LogP contribution in [-0.4, -0.2) is 60.9 Å². The van der Waals surface area contributed by atoms with Crippen LogP contribution in [0.5, 0.6) is 0 Å². The largest absolute Gasteiger partial charge is 0.444 e. The summed E-state index contributed by atoms with van der Waals surface area (Å²) in [4.78, 5) is 16.0. The third kappa shape index (κ3) is 7.31. The standard InChI is InChI=1S/C19H28Cl2N2O3/c1-19(2,3)26-18(24)22(4)6-5-17-13-23(7-8-25-17)12-14-9-15(20)11-16(21)10-14/h9-11,17H,5-8,12-13H2,1-4H3. The van der Waals surface area contributed by atoms with Gasteiger partial charge >= 0.3 is 6.09 Å².